The van der Waals surface area contributed by atoms with Crippen molar-refractivity contribution in [1.82, 2.24) is 0 Å². The van der Waals surface area contributed by atoms with Gasteiger partial charge in [-0.15, -0.1) is 0 Å². The molecule has 2 amide bonds. The molecule has 158 valence electrons. The number of benzene rings is 3. The van der Waals surface area contributed by atoms with Crippen molar-refractivity contribution >= 4 is 29.2 Å². The number of carbonyl (C=O) groups is 3. The number of phenols is 1. The van der Waals surface area contributed by atoms with Crippen LogP contribution >= 0.6 is 0 Å². The molecule has 8 heteroatoms. The summed E-state index contributed by atoms with van der Waals surface area (Å²) in [5.74, 6) is -1.13. The predicted molar refractivity (Wildman–Crippen MR) is 114 cm³/mol. The predicted octanol–water partition coefficient (Wildman–Crippen LogP) is 3.45. The number of amides is 2. The number of aromatic hydroxyl groups is 1. The van der Waals surface area contributed by atoms with Crippen LogP contribution in [-0.2, 0) is 9.53 Å². The molecular formula is C23H20N2O6. The van der Waals surface area contributed by atoms with Crippen molar-refractivity contribution in [2.24, 2.45) is 0 Å². The molecule has 0 aliphatic rings. The van der Waals surface area contributed by atoms with Crippen molar-refractivity contribution < 1.29 is 29.0 Å². The van der Waals surface area contributed by atoms with E-state index in [0.29, 0.717) is 22.7 Å². The Morgan fingerprint density at radius 2 is 1.61 bits per heavy atom. The summed E-state index contributed by atoms with van der Waals surface area (Å²) in [5.41, 5.74) is 1.51. The molecule has 0 unspecified atom stereocenters. The average molecular weight is 420 g/mol. The number of ether oxygens (including phenoxy) is 2. The largest absolute Gasteiger partial charge is 0.508 e. The molecule has 3 rings (SSSR count). The molecule has 3 N–H and O–H groups in total. The molecule has 3 aromatic rings. The van der Waals surface area contributed by atoms with Gasteiger partial charge in [0, 0.05) is 11.3 Å². The van der Waals surface area contributed by atoms with Crippen LogP contribution in [0.15, 0.2) is 72.8 Å². The Morgan fingerprint density at radius 3 is 2.32 bits per heavy atom. The molecule has 8 nitrogen and oxygen atoms in total. The van der Waals surface area contributed by atoms with Gasteiger partial charge in [0.2, 0.25) is 0 Å². The van der Waals surface area contributed by atoms with Gasteiger partial charge in [-0.2, -0.15) is 0 Å². The van der Waals surface area contributed by atoms with Crippen LogP contribution in [0.25, 0.3) is 0 Å². The van der Waals surface area contributed by atoms with Crippen molar-refractivity contribution in [2.75, 3.05) is 24.4 Å². The third-order valence-corrected chi connectivity index (χ3v) is 4.20. The third-order valence-electron chi connectivity index (χ3n) is 4.20. The van der Waals surface area contributed by atoms with E-state index in [1.54, 1.807) is 48.5 Å². The van der Waals surface area contributed by atoms with Crippen molar-refractivity contribution in [1.29, 1.82) is 0 Å². The minimum absolute atomic E-state index is 0.0752. The minimum atomic E-state index is -0.727. The zero-order valence-electron chi connectivity index (χ0n) is 16.6. The Balaban J connectivity index is 1.53. The van der Waals surface area contributed by atoms with Crippen LogP contribution in [0.3, 0.4) is 0 Å². The summed E-state index contributed by atoms with van der Waals surface area (Å²) in [6.45, 7) is -0.496. The standard InChI is InChI=1S/C23H20N2O6/c1-30-20-8-3-2-7-19(20)25-22(28)15-9-11-17(12-10-15)24-21(27)14-31-23(29)16-5-4-6-18(26)13-16/h2-13,26H,14H2,1H3,(H,24,27)(H,25,28). The Kier molecular flexibility index (Phi) is 6.85. The van der Waals surface area contributed by atoms with Gasteiger partial charge in [0.25, 0.3) is 11.8 Å². The summed E-state index contributed by atoms with van der Waals surface area (Å²) in [6.07, 6.45) is 0. The van der Waals surface area contributed by atoms with Gasteiger partial charge in [-0.25, -0.2) is 4.79 Å². The summed E-state index contributed by atoms with van der Waals surface area (Å²) in [6, 6.07) is 18.9. The lowest BCUT2D eigenvalue weighted by molar-refractivity contribution is -0.119. The summed E-state index contributed by atoms with van der Waals surface area (Å²) >= 11 is 0. The average Bonchev–Trinajstić information content (AvgIpc) is 2.78. The van der Waals surface area contributed by atoms with Gasteiger partial charge in [-0.1, -0.05) is 18.2 Å². The zero-order valence-corrected chi connectivity index (χ0v) is 16.6. The van der Waals surface area contributed by atoms with Gasteiger partial charge in [0.05, 0.1) is 18.4 Å². The number of esters is 1. The number of methoxy groups -OCH3 is 1. The van der Waals surface area contributed by atoms with Gasteiger partial charge in [0.1, 0.15) is 11.5 Å². The second-order valence-electron chi connectivity index (χ2n) is 6.41. The molecule has 0 heterocycles. The Labute approximate surface area is 178 Å². The van der Waals surface area contributed by atoms with E-state index in [0.717, 1.165) is 0 Å². The number of nitrogens with one attached hydrogen (secondary N) is 2. The van der Waals surface area contributed by atoms with E-state index in [9.17, 15) is 19.5 Å². The van der Waals surface area contributed by atoms with E-state index in [4.69, 9.17) is 9.47 Å². The second kappa shape index (κ2) is 9.93. The Bertz CT molecular complexity index is 1100. The highest BCUT2D eigenvalue weighted by molar-refractivity contribution is 6.05. The smallest absolute Gasteiger partial charge is 0.338 e. The van der Waals surface area contributed by atoms with Gasteiger partial charge in [0.15, 0.2) is 6.61 Å². The lowest BCUT2D eigenvalue weighted by Crippen LogP contribution is -2.21. The van der Waals surface area contributed by atoms with Crippen LogP contribution in [0.5, 0.6) is 11.5 Å². The van der Waals surface area contributed by atoms with Crippen LogP contribution in [0.1, 0.15) is 20.7 Å². The Morgan fingerprint density at radius 1 is 0.871 bits per heavy atom. The fourth-order valence-corrected chi connectivity index (χ4v) is 2.69. The molecular weight excluding hydrogens is 400 g/mol. The van der Waals surface area contributed by atoms with E-state index >= 15 is 0 Å². The summed E-state index contributed by atoms with van der Waals surface area (Å²) in [5, 5.41) is 14.7. The number of phenolic OH excluding ortho intramolecular Hbond substituents is 1. The molecule has 0 bridgehead atoms. The van der Waals surface area contributed by atoms with Crippen LogP contribution in [0, 0.1) is 0 Å². The lowest BCUT2D eigenvalue weighted by atomic mass is 10.2. The number of para-hydroxylation sites is 2. The quantitative estimate of drug-likeness (QED) is 0.505. The van der Waals surface area contributed by atoms with Gasteiger partial charge in [-0.05, 0) is 54.6 Å². The molecule has 0 aliphatic carbocycles. The maximum atomic E-state index is 12.4. The first-order valence-corrected chi connectivity index (χ1v) is 9.26. The molecule has 0 aromatic heterocycles. The second-order valence-corrected chi connectivity index (χ2v) is 6.41. The SMILES string of the molecule is COc1ccccc1NC(=O)c1ccc(NC(=O)COC(=O)c2cccc(O)c2)cc1. The fourth-order valence-electron chi connectivity index (χ4n) is 2.69. The van der Waals surface area contributed by atoms with Gasteiger partial charge in [-0.3, -0.25) is 9.59 Å². The lowest BCUT2D eigenvalue weighted by Gasteiger charge is -2.10. The molecule has 0 atom stereocenters. The van der Waals surface area contributed by atoms with Crippen molar-refractivity contribution in [3.63, 3.8) is 0 Å². The van der Waals surface area contributed by atoms with Gasteiger partial charge < -0.3 is 25.2 Å². The van der Waals surface area contributed by atoms with E-state index < -0.39 is 18.5 Å². The Hall–Kier alpha value is -4.33. The number of anilines is 2. The molecule has 0 saturated heterocycles. The number of hydrogen-bond donors (Lipinski definition) is 3. The summed E-state index contributed by atoms with van der Waals surface area (Å²) in [7, 11) is 1.52. The maximum absolute atomic E-state index is 12.4. The van der Waals surface area contributed by atoms with E-state index in [1.165, 1.54) is 31.4 Å². The number of rotatable bonds is 7. The third kappa shape index (κ3) is 5.83. The molecule has 0 fully saturated rings. The van der Waals surface area contributed by atoms with E-state index in [-0.39, 0.29) is 17.2 Å². The highest BCUT2D eigenvalue weighted by Gasteiger charge is 2.12. The monoisotopic (exact) mass is 420 g/mol. The minimum Gasteiger partial charge on any atom is -0.508 e. The summed E-state index contributed by atoms with van der Waals surface area (Å²) in [4.78, 5) is 36.3. The molecule has 0 spiro atoms. The normalized spacial score (nSPS) is 10.1. The fraction of sp³-hybridized carbons (Fsp3) is 0.0870. The van der Waals surface area contributed by atoms with Crippen molar-refractivity contribution in [3.05, 3.63) is 83.9 Å². The first kappa shape index (κ1) is 21.4. The van der Waals surface area contributed by atoms with Crippen LogP contribution in [0.4, 0.5) is 11.4 Å². The number of hydrogen-bond acceptors (Lipinski definition) is 6. The van der Waals surface area contributed by atoms with Crippen LogP contribution in [-0.4, -0.2) is 36.6 Å². The zero-order chi connectivity index (χ0) is 22.2. The van der Waals surface area contributed by atoms with Crippen LogP contribution < -0.4 is 15.4 Å². The van der Waals surface area contributed by atoms with E-state index in [2.05, 4.69) is 10.6 Å². The molecule has 0 aliphatic heterocycles. The van der Waals surface area contributed by atoms with Crippen molar-refractivity contribution in [2.45, 2.75) is 0 Å². The first-order valence-electron chi connectivity index (χ1n) is 9.26. The number of carbonyl (C=O) groups excluding carboxylic acids is 3. The molecule has 3 aromatic carbocycles. The van der Waals surface area contributed by atoms with Crippen molar-refractivity contribution in [3.8, 4) is 11.5 Å². The maximum Gasteiger partial charge on any atom is 0.338 e. The molecule has 0 radical (unpaired) electrons. The molecule has 31 heavy (non-hydrogen) atoms. The topological polar surface area (TPSA) is 114 Å². The highest BCUT2D eigenvalue weighted by Crippen LogP contribution is 2.24. The van der Waals surface area contributed by atoms with Crippen LogP contribution in [0.2, 0.25) is 0 Å². The van der Waals surface area contributed by atoms with Gasteiger partial charge >= 0.3 is 5.97 Å². The highest BCUT2D eigenvalue weighted by atomic mass is 16.5. The van der Waals surface area contributed by atoms with E-state index in [1.807, 2.05) is 0 Å². The molecule has 0 saturated carbocycles. The summed E-state index contributed by atoms with van der Waals surface area (Å²) < 4.78 is 10.1. The first-order chi connectivity index (χ1) is 15.0.